The second-order valence-electron chi connectivity index (χ2n) is 6.54. The minimum Gasteiger partial charge on any atom is -0.475 e. The number of hydrogen-bond donors (Lipinski definition) is 1. The van der Waals surface area contributed by atoms with Crippen LogP contribution in [0, 0.1) is 0 Å². The molecular formula is C18H20F3N5O2S. The van der Waals surface area contributed by atoms with Crippen molar-refractivity contribution < 1.29 is 23.1 Å². The standard InChI is InChI=1S/C16H19N5S.C2HF3O2/c1-13-16-17-9-15(11-20-5-2-4-18-20)21(16)7-6-19(13)10-14-3-8-22-12-14;3-2(4,5)1(6)7/h2-5,8-9,12-13H,6-7,10-11H2,1H3;(H,6,7). The van der Waals surface area contributed by atoms with Gasteiger partial charge < -0.3 is 9.67 Å². The Kier molecular flexibility index (Phi) is 6.38. The molecular weight excluding hydrogens is 407 g/mol. The van der Waals surface area contributed by atoms with Gasteiger partial charge in [-0.3, -0.25) is 9.58 Å². The Morgan fingerprint density at radius 1 is 1.34 bits per heavy atom. The number of aromatic nitrogens is 4. The number of carboxylic acid groups (broad SMARTS) is 1. The number of imidazole rings is 1. The van der Waals surface area contributed by atoms with E-state index in [1.54, 1.807) is 11.3 Å². The number of rotatable bonds is 4. The van der Waals surface area contributed by atoms with Crippen molar-refractivity contribution in [1.29, 1.82) is 0 Å². The molecule has 1 aliphatic heterocycles. The molecule has 3 aromatic rings. The van der Waals surface area contributed by atoms with Crippen molar-refractivity contribution >= 4 is 17.3 Å². The number of carboxylic acids is 1. The van der Waals surface area contributed by atoms with Gasteiger partial charge in [0.2, 0.25) is 0 Å². The first kappa shape index (κ1) is 21.1. The highest BCUT2D eigenvalue weighted by Gasteiger charge is 2.38. The lowest BCUT2D eigenvalue weighted by Crippen LogP contribution is -2.37. The summed E-state index contributed by atoms with van der Waals surface area (Å²) in [5.74, 6) is -1.59. The number of aliphatic carboxylic acids is 1. The van der Waals surface area contributed by atoms with Gasteiger partial charge >= 0.3 is 12.1 Å². The Labute approximate surface area is 169 Å². The fraction of sp³-hybridized carbons (Fsp3) is 0.389. The van der Waals surface area contributed by atoms with Crippen LogP contribution in [0.5, 0.6) is 0 Å². The molecule has 0 bridgehead atoms. The molecule has 1 N–H and O–H groups in total. The lowest BCUT2D eigenvalue weighted by Gasteiger charge is -2.34. The number of thiophene rings is 1. The third-order valence-corrected chi connectivity index (χ3v) is 5.32. The fourth-order valence-electron chi connectivity index (χ4n) is 3.12. The normalized spacial score (nSPS) is 16.8. The lowest BCUT2D eigenvalue weighted by atomic mass is 10.2. The number of carbonyl (C=O) groups is 1. The van der Waals surface area contributed by atoms with Gasteiger partial charge in [0, 0.05) is 32.0 Å². The van der Waals surface area contributed by atoms with Crippen LogP contribution in [0.15, 0.2) is 41.5 Å². The summed E-state index contributed by atoms with van der Waals surface area (Å²) in [7, 11) is 0. The SMILES string of the molecule is CC1c2ncc(Cn3cccn3)n2CCN1Cc1ccsc1.O=C(O)C(F)(F)F. The Morgan fingerprint density at radius 3 is 2.69 bits per heavy atom. The molecule has 0 spiro atoms. The molecule has 1 unspecified atom stereocenters. The molecule has 4 rings (SSSR count). The third-order valence-electron chi connectivity index (χ3n) is 4.59. The Bertz CT molecular complexity index is 922. The lowest BCUT2D eigenvalue weighted by molar-refractivity contribution is -0.192. The van der Waals surface area contributed by atoms with Gasteiger partial charge in [-0.15, -0.1) is 0 Å². The molecule has 0 aliphatic carbocycles. The molecule has 4 heterocycles. The average Bonchev–Trinajstić information content (AvgIpc) is 3.41. The van der Waals surface area contributed by atoms with Gasteiger partial charge in [-0.1, -0.05) is 0 Å². The molecule has 0 fully saturated rings. The zero-order chi connectivity index (χ0) is 21.0. The van der Waals surface area contributed by atoms with Gasteiger partial charge in [-0.25, -0.2) is 9.78 Å². The molecule has 3 aromatic heterocycles. The van der Waals surface area contributed by atoms with E-state index in [1.807, 2.05) is 29.3 Å². The summed E-state index contributed by atoms with van der Waals surface area (Å²) in [5, 5.41) is 15.8. The van der Waals surface area contributed by atoms with Crippen LogP contribution >= 0.6 is 11.3 Å². The van der Waals surface area contributed by atoms with Crippen molar-refractivity contribution in [3.8, 4) is 0 Å². The number of alkyl halides is 3. The van der Waals surface area contributed by atoms with Crippen molar-refractivity contribution in [2.45, 2.75) is 38.8 Å². The van der Waals surface area contributed by atoms with Gasteiger partial charge in [-0.2, -0.15) is 29.6 Å². The zero-order valence-corrected chi connectivity index (χ0v) is 16.4. The van der Waals surface area contributed by atoms with E-state index in [0.29, 0.717) is 6.04 Å². The second kappa shape index (κ2) is 8.78. The molecule has 0 saturated heterocycles. The van der Waals surface area contributed by atoms with Gasteiger partial charge in [0.15, 0.2) is 0 Å². The van der Waals surface area contributed by atoms with Crippen LogP contribution in [-0.2, 0) is 24.4 Å². The fourth-order valence-corrected chi connectivity index (χ4v) is 3.78. The third kappa shape index (κ3) is 5.24. The topological polar surface area (TPSA) is 76.2 Å². The number of hydrogen-bond acceptors (Lipinski definition) is 5. The van der Waals surface area contributed by atoms with E-state index in [2.05, 4.69) is 43.3 Å². The van der Waals surface area contributed by atoms with E-state index in [-0.39, 0.29) is 0 Å². The summed E-state index contributed by atoms with van der Waals surface area (Å²) in [6.07, 6.45) is 0.732. The summed E-state index contributed by atoms with van der Waals surface area (Å²) in [6, 6.07) is 4.51. The minimum absolute atomic E-state index is 0.347. The maximum atomic E-state index is 10.6. The molecule has 7 nitrogen and oxygen atoms in total. The van der Waals surface area contributed by atoms with Gasteiger partial charge in [0.25, 0.3) is 0 Å². The quantitative estimate of drug-likeness (QED) is 0.691. The maximum absolute atomic E-state index is 10.6. The summed E-state index contributed by atoms with van der Waals surface area (Å²) in [5.41, 5.74) is 2.63. The van der Waals surface area contributed by atoms with Crippen LogP contribution < -0.4 is 0 Å². The van der Waals surface area contributed by atoms with E-state index in [0.717, 1.165) is 26.2 Å². The Balaban J connectivity index is 0.000000298. The van der Waals surface area contributed by atoms with E-state index in [1.165, 1.54) is 17.1 Å². The Morgan fingerprint density at radius 2 is 2.10 bits per heavy atom. The number of fused-ring (bicyclic) bond motifs is 1. The summed E-state index contributed by atoms with van der Waals surface area (Å²) in [6.45, 7) is 6.11. The first-order chi connectivity index (χ1) is 13.8. The van der Waals surface area contributed by atoms with E-state index in [9.17, 15) is 13.2 Å². The van der Waals surface area contributed by atoms with Crippen molar-refractivity contribution in [2.75, 3.05) is 6.54 Å². The van der Waals surface area contributed by atoms with Crippen LogP contribution in [0.1, 0.15) is 30.0 Å². The zero-order valence-electron chi connectivity index (χ0n) is 15.6. The van der Waals surface area contributed by atoms with E-state index in [4.69, 9.17) is 9.90 Å². The summed E-state index contributed by atoms with van der Waals surface area (Å²) >= 11 is 1.76. The predicted molar refractivity (Wildman–Crippen MR) is 100 cm³/mol. The summed E-state index contributed by atoms with van der Waals surface area (Å²) in [4.78, 5) is 16.1. The van der Waals surface area contributed by atoms with Gasteiger partial charge in [0.05, 0.1) is 24.5 Å². The molecule has 1 aliphatic rings. The van der Waals surface area contributed by atoms with E-state index < -0.39 is 12.1 Å². The van der Waals surface area contributed by atoms with Crippen LogP contribution in [0.3, 0.4) is 0 Å². The maximum Gasteiger partial charge on any atom is 0.490 e. The number of nitrogens with zero attached hydrogens (tertiary/aromatic N) is 5. The monoisotopic (exact) mass is 427 g/mol. The average molecular weight is 427 g/mol. The van der Waals surface area contributed by atoms with Crippen molar-refractivity contribution in [2.24, 2.45) is 0 Å². The molecule has 29 heavy (non-hydrogen) atoms. The van der Waals surface area contributed by atoms with Crippen LogP contribution in [0.25, 0.3) is 0 Å². The second-order valence-corrected chi connectivity index (χ2v) is 7.32. The van der Waals surface area contributed by atoms with Crippen molar-refractivity contribution in [1.82, 2.24) is 24.2 Å². The molecule has 0 radical (unpaired) electrons. The van der Waals surface area contributed by atoms with Crippen LogP contribution in [-0.4, -0.2) is 48.0 Å². The smallest absolute Gasteiger partial charge is 0.475 e. The van der Waals surface area contributed by atoms with Crippen molar-refractivity contribution in [3.63, 3.8) is 0 Å². The van der Waals surface area contributed by atoms with E-state index >= 15 is 0 Å². The molecule has 1 atom stereocenters. The predicted octanol–water partition coefficient (Wildman–Crippen LogP) is 3.40. The highest BCUT2D eigenvalue weighted by atomic mass is 32.1. The molecule has 11 heteroatoms. The summed E-state index contributed by atoms with van der Waals surface area (Å²) < 4.78 is 36.0. The van der Waals surface area contributed by atoms with Crippen LogP contribution in [0.2, 0.25) is 0 Å². The van der Waals surface area contributed by atoms with Crippen molar-refractivity contribution in [3.05, 3.63) is 58.6 Å². The minimum atomic E-state index is -5.08. The Hall–Kier alpha value is -2.66. The first-order valence-corrected chi connectivity index (χ1v) is 9.77. The van der Waals surface area contributed by atoms with Crippen LogP contribution in [0.4, 0.5) is 13.2 Å². The highest BCUT2D eigenvalue weighted by Crippen LogP contribution is 2.27. The number of halogens is 3. The van der Waals surface area contributed by atoms with Gasteiger partial charge in [0.1, 0.15) is 5.82 Å². The molecule has 0 amide bonds. The largest absolute Gasteiger partial charge is 0.490 e. The molecule has 156 valence electrons. The first-order valence-electron chi connectivity index (χ1n) is 8.82. The molecule has 0 aromatic carbocycles. The van der Waals surface area contributed by atoms with Gasteiger partial charge in [-0.05, 0) is 35.4 Å². The highest BCUT2D eigenvalue weighted by molar-refractivity contribution is 7.07. The molecule has 0 saturated carbocycles.